The number of carbonyl (C=O) groups is 1. The standard InChI is InChI=1S/C15H18BFN2O4/c1-21-15(20)11-6-14(13(22-9-17)7-12(11)19)23-10-2-4-16(8-18)5-3-10/h6-7,10H,2-5,9,19H2,1H3. The van der Waals surface area contributed by atoms with Gasteiger partial charge in [0.05, 0.1) is 24.5 Å². The number of nitriles is 1. The lowest BCUT2D eigenvalue weighted by molar-refractivity contribution is 0.0601. The number of halogens is 1. The molecule has 0 unspecified atom stereocenters. The molecule has 0 radical (unpaired) electrons. The molecule has 0 aliphatic carbocycles. The summed E-state index contributed by atoms with van der Waals surface area (Å²) in [7, 11) is 1.25. The first-order valence-electron chi connectivity index (χ1n) is 7.36. The van der Waals surface area contributed by atoms with Crippen LogP contribution in [0.2, 0.25) is 12.6 Å². The van der Waals surface area contributed by atoms with Crippen molar-refractivity contribution >= 4 is 18.4 Å². The van der Waals surface area contributed by atoms with Crippen LogP contribution in [-0.4, -0.2) is 32.8 Å². The Morgan fingerprint density at radius 2 is 2.13 bits per heavy atom. The van der Waals surface area contributed by atoms with E-state index >= 15 is 0 Å². The number of anilines is 1. The Morgan fingerprint density at radius 1 is 1.43 bits per heavy atom. The highest BCUT2D eigenvalue weighted by Crippen LogP contribution is 2.35. The zero-order chi connectivity index (χ0) is 16.8. The minimum Gasteiger partial charge on any atom is -0.487 e. The van der Waals surface area contributed by atoms with E-state index in [1.54, 1.807) is 0 Å². The van der Waals surface area contributed by atoms with Gasteiger partial charge in [-0.1, -0.05) is 12.6 Å². The SMILES string of the molecule is COC(=O)c1cc(OC2CCB(C#N)CC2)c(OCF)cc1N. The first-order chi connectivity index (χ1) is 11.1. The summed E-state index contributed by atoms with van der Waals surface area (Å²) in [5.74, 6) is 2.03. The molecule has 0 bridgehead atoms. The Hall–Kier alpha value is -2.43. The van der Waals surface area contributed by atoms with Crippen molar-refractivity contribution in [3.63, 3.8) is 0 Å². The quantitative estimate of drug-likeness (QED) is 0.509. The number of rotatable bonds is 5. The van der Waals surface area contributed by atoms with Crippen LogP contribution in [0.25, 0.3) is 0 Å². The van der Waals surface area contributed by atoms with Crippen molar-refractivity contribution in [2.75, 3.05) is 19.7 Å². The summed E-state index contributed by atoms with van der Waals surface area (Å²) in [5, 5.41) is 8.92. The van der Waals surface area contributed by atoms with Gasteiger partial charge in [-0.2, -0.15) is 0 Å². The van der Waals surface area contributed by atoms with E-state index in [0.717, 1.165) is 12.6 Å². The highest BCUT2D eigenvalue weighted by Gasteiger charge is 2.27. The number of hydrogen-bond acceptors (Lipinski definition) is 6. The van der Waals surface area contributed by atoms with Crippen LogP contribution in [0.3, 0.4) is 0 Å². The molecule has 1 aliphatic rings. The van der Waals surface area contributed by atoms with Crippen molar-refractivity contribution < 1.29 is 23.4 Å². The molecule has 1 aliphatic heterocycles. The second-order valence-electron chi connectivity index (χ2n) is 5.35. The van der Waals surface area contributed by atoms with E-state index in [1.165, 1.54) is 19.2 Å². The fourth-order valence-corrected chi connectivity index (χ4v) is 2.62. The van der Waals surface area contributed by atoms with Gasteiger partial charge in [-0.25, -0.2) is 14.4 Å². The maximum atomic E-state index is 12.5. The summed E-state index contributed by atoms with van der Waals surface area (Å²) >= 11 is 0. The predicted octanol–water partition coefficient (Wildman–Crippen LogP) is 2.46. The van der Waals surface area contributed by atoms with Crippen LogP contribution in [0.5, 0.6) is 11.5 Å². The number of nitrogens with two attached hydrogens (primary N) is 1. The van der Waals surface area contributed by atoms with Gasteiger partial charge in [0.15, 0.2) is 11.5 Å². The minimum absolute atomic E-state index is 0.0495. The fraction of sp³-hybridized carbons (Fsp3) is 0.467. The average molecular weight is 320 g/mol. The lowest BCUT2D eigenvalue weighted by Gasteiger charge is -2.25. The molecule has 2 rings (SSSR count). The molecule has 23 heavy (non-hydrogen) atoms. The third-order valence-corrected chi connectivity index (χ3v) is 3.88. The van der Waals surface area contributed by atoms with Gasteiger partial charge < -0.3 is 19.9 Å². The highest BCUT2D eigenvalue weighted by molar-refractivity contribution is 6.67. The Morgan fingerprint density at radius 3 is 2.70 bits per heavy atom. The van der Waals surface area contributed by atoms with E-state index in [9.17, 15) is 9.18 Å². The Kier molecular flexibility index (Phi) is 5.69. The topological polar surface area (TPSA) is 94.6 Å². The number of esters is 1. The molecule has 0 amide bonds. The summed E-state index contributed by atoms with van der Waals surface area (Å²) in [6, 6.07) is 2.75. The van der Waals surface area contributed by atoms with E-state index in [4.69, 9.17) is 20.5 Å². The monoisotopic (exact) mass is 320 g/mol. The predicted molar refractivity (Wildman–Crippen MR) is 83.4 cm³/mol. The van der Waals surface area contributed by atoms with E-state index in [0.29, 0.717) is 12.8 Å². The Balaban J connectivity index is 2.21. The second-order valence-corrected chi connectivity index (χ2v) is 5.35. The summed E-state index contributed by atoms with van der Waals surface area (Å²) in [6.45, 7) is -0.984. The van der Waals surface area contributed by atoms with Crippen LogP contribution in [-0.2, 0) is 4.74 Å². The lowest BCUT2D eigenvalue weighted by atomic mass is 9.42. The molecule has 1 heterocycles. The number of benzene rings is 1. The van der Waals surface area contributed by atoms with Crippen molar-refractivity contribution in [3.05, 3.63) is 17.7 Å². The molecular weight excluding hydrogens is 302 g/mol. The van der Waals surface area contributed by atoms with Gasteiger partial charge in [-0.15, -0.1) is 0 Å². The second kappa shape index (κ2) is 7.72. The van der Waals surface area contributed by atoms with Crippen LogP contribution in [0.4, 0.5) is 10.1 Å². The normalized spacial score (nSPS) is 14.9. The molecule has 1 fully saturated rings. The minimum atomic E-state index is -1.03. The Bertz CT molecular complexity index is 612. The molecule has 2 N–H and O–H groups in total. The number of carbonyl (C=O) groups excluding carboxylic acids is 1. The molecule has 0 saturated carbocycles. The molecule has 6 nitrogen and oxygen atoms in total. The first-order valence-corrected chi connectivity index (χ1v) is 7.36. The van der Waals surface area contributed by atoms with E-state index in [1.807, 2.05) is 0 Å². The van der Waals surface area contributed by atoms with Gasteiger partial charge in [-0.3, -0.25) is 0 Å². The van der Waals surface area contributed by atoms with Gasteiger partial charge >= 0.3 is 5.97 Å². The smallest absolute Gasteiger partial charge is 0.340 e. The number of alkyl halides is 1. The largest absolute Gasteiger partial charge is 0.487 e. The van der Waals surface area contributed by atoms with Crippen LogP contribution in [0, 0.1) is 11.2 Å². The average Bonchev–Trinajstić information content (AvgIpc) is 2.57. The van der Waals surface area contributed by atoms with Crippen molar-refractivity contribution in [3.8, 4) is 17.5 Å². The summed E-state index contributed by atoms with van der Waals surface area (Å²) < 4.78 is 28.0. The number of methoxy groups -OCH3 is 1. The summed E-state index contributed by atoms with van der Waals surface area (Å²) in [4.78, 5) is 11.7. The molecule has 0 aromatic heterocycles. The highest BCUT2D eigenvalue weighted by atomic mass is 19.1. The first kappa shape index (κ1) is 16.9. The maximum absolute atomic E-state index is 12.5. The molecule has 1 aromatic rings. The summed E-state index contributed by atoms with van der Waals surface area (Å²) in [6.07, 6.45) is 2.81. The van der Waals surface area contributed by atoms with Crippen LogP contribution >= 0.6 is 0 Å². The van der Waals surface area contributed by atoms with Crippen LogP contribution in [0.1, 0.15) is 23.2 Å². The van der Waals surface area contributed by atoms with Gasteiger partial charge in [0.1, 0.15) is 0 Å². The lowest BCUT2D eigenvalue weighted by Crippen LogP contribution is -2.27. The van der Waals surface area contributed by atoms with Gasteiger partial charge in [0.25, 0.3) is 6.71 Å². The molecule has 1 saturated heterocycles. The van der Waals surface area contributed by atoms with E-state index < -0.39 is 12.8 Å². The zero-order valence-electron chi connectivity index (χ0n) is 12.9. The third-order valence-electron chi connectivity index (χ3n) is 3.88. The fourth-order valence-electron chi connectivity index (χ4n) is 2.62. The number of hydrogen-bond donors (Lipinski definition) is 1. The number of ether oxygens (including phenoxy) is 3. The Labute approximate surface area is 134 Å². The molecule has 8 heteroatoms. The molecular formula is C15H18BFN2O4. The maximum Gasteiger partial charge on any atom is 0.340 e. The molecule has 122 valence electrons. The van der Waals surface area contributed by atoms with Crippen LogP contribution in [0.15, 0.2) is 12.1 Å². The van der Waals surface area contributed by atoms with Crippen molar-refractivity contribution in [1.82, 2.24) is 0 Å². The van der Waals surface area contributed by atoms with Crippen molar-refractivity contribution in [1.29, 1.82) is 5.26 Å². The third kappa shape index (κ3) is 4.06. The zero-order valence-corrected chi connectivity index (χ0v) is 12.9. The van der Waals surface area contributed by atoms with Crippen molar-refractivity contribution in [2.45, 2.75) is 31.6 Å². The van der Waals surface area contributed by atoms with Gasteiger partial charge in [0.2, 0.25) is 6.86 Å². The number of nitrogens with zero attached hydrogens (tertiary/aromatic N) is 1. The van der Waals surface area contributed by atoms with Crippen LogP contribution < -0.4 is 15.2 Å². The van der Waals surface area contributed by atoms with Gasteiger partial charge in [-0.05, 0) is 12.8 Å². The van der Waals surface area contributed by atoms with Gasteiger partial charge in [0, 0.05) is 18.1 Å². The molecule has 0 spiro atoms. The van der Waals surface area contributed by atoms with Crippen molar-refractivity contribution in [2.24, 2.45) is 0 Å². The number of nitrogen functional groups attached to an aromatic ring is 1. The molecule has 0 atom stereocenters. The van der Waals surface area contributed by atoms with E-state index in [2.05, 4.69) is 10.7 Å². The summed E-state index contributed by atoms with van der Waals surface area (Å²) in [5.41, 5.74) is 6.04. The molecule has 1 aromatic carbocycles. The van der Waals surface area contributed by atoms with E-state index in [-0.39, 0.29) is 35.6 Å².